The molecule has 0 aliphatic heterocycles. The summed E-state index contributed by atoms with van der Waals surface area (Å²) >= 11 is 0. The summed E-state index contributed by atoms with van der Waals surface area (Å²) in [6.45, 7) is 4.90. The van der Waals surface area contributed by atoms with Crippen molar-refractivity contribution in [2.45, 2.75) is 32.4 Å². The third-order valence-electron chi connectivity index (χ3n) is 4.04. The van der Waals surface area contributed by atoms with Gasteiger partial charge in [0.25, 0.3) is 0 Å². The smallest absolute Gasteiger partial charge is 0.123 e. The van der Waals surface area contributed by atoms with Gasteiger partial charge < -0.3 is 15.2 Å². The molecule has 2 aromatic carbocycles. The van der Waals surface area contributed by atoms with Crippen LogP contribution < -0.4 is 10.1 Å². The average Bonchev–Trinajstić information content (AvgIpc) is 2.52. The summed E-state index contributed by atoms with van der Waals surface area (Å²) in [6.07, 6.45) is 0.872. The van der Waals surface area contributed by atoms with Crippen LogP contribution in [0.25, 0.3) is 10.8 Å². The van der Waals surface area contributed by atoms with Crippen molar-refractivity contribution < 1.29 is 9.84 Å². The number of hydrogen-bond donors (Lipinski definition) is 2. The van der Waals surface area contributed by atoms with Crippen molar-refractivity contribution in [3.05, 3.63) is 42.0 Å². The van der Waals surface area contributed by atoms with Crippen LogP contribution in [-0.4, -0.2) is 24.4 Å². The Hall–Kier alpha value is -1.58. The average molecular weight is 273 g/mol. The molecule has 20 heavy (non-hydrogen) atoms. The lowest BCUT2D eigenvalue weighted by molar-refractivity contribution is 0.168. The fraction of sp³-hybridized carbons (Fsp3) is 0.412. The summed E-state index contributed by atoms with van der Waals surface area (Å²) in [5.41, 5.74) is 0.876. The zero-order chi connectivity index (χ0) is 14.6. The first-order valence-corrected chi connectivity index (χ1v) is 7.04. The van der Waals surface area contributed by atoms with Crippen molar-refractivity contribution in [3.8, 4) is 5.75 Å². The molecule has 0 fully saturated rings. The lowest BCUT2D eigenvalue weighted by Gasteiger charge is -2.28. The van der Waals surface area contributed by atoms with Crippen LogP contribution in [0.5, 0.6) is 5.75 Å². The van der Waals surface area contributed by atoms with Gasteiger partial charge in [-0.1, -0.05) is 37.3 Å². The van der Waals surface area contributed by atoms with E-state index in [4.69, 9.17) is 4.74 Å². The van der Waals surface area contributed by atoms with E-state index in [1.807, 2.05) is 25.1 Å². The number of ether oxygens (including phenoxy) is 1. The zero-order valence-electron chi connectivity index (χ0n) is 12.4. The van der Waals surface area contributed by atoms with E-state index in [1.54, 1.807) is 7.11 Å². The van der Waals surface area contributed by atoms with Crippen LogP contribution in [0.2, 0.25) is 0 Å². The van der Waals surface area contributed by atoms with E-state index in [0.29, 0.717) is 6.54 Å². The van der Waals surface area contributed by atoms with Gasteiger partial charge in [-0.05, 0) is 30.2 Å². The SMILES string of the molecule is CCC(C)(CO)NCc1c(OC)ccc2ccccc12. The van der Waals surface area contributed by atoms with Crippen LogP contribution in [0.4, 0.5) is 0 Å². The fourth-order valence-corrected chi connectivity index (χ4v) is 2.28. The maximum absolute atomic E-state index is 9.51. The minimum absolute atomic E-state index is 0.122. The molecule has 0 saturated carbocycles. The maximum atomic E-state index is 9.51. The van der Waals surface area contributed by atoms with Crippen molar-refractivity contribution in [1.82, 2.24) is 5.32 Å². The van der Waals surface area contributed by atoms with Gasteiger partial charge >= 0.3 is 0 Å². The summed E-state index contributed by atoms with van der Waals surface area (Å²) in [7, 11) is 1.69. The highest BCUT2D eigenvalue weighted by Crippen LogP contribution is 2.28. The predicted molar refractivity (Wildman–Crippen MR) is 83.1 cm³/mol. The molecule has 0 aromatic heterocycles. The molecule has 0 heterocycles. The van der Waals surface area contributed by atoms with E-state index in [1.165, 1.54) is 10.8 Å². The van der Waals surface area contributed by atoms with E-state index in [2.05, 4.69) is 30.4 Å². The van der Waals surface area contributed by atoms with Crippen molar-refractivity contribution >= 4 is 10.8 Å². The summed E-state index contributed by atoms with van der Waals surface area (Å²) in [6, 6.07) is 12.4. The number of aliphatic hydroxyl groups is 1. The molecule has 1 atom stereocenters. The molecule has 3 heteroatoms. The molecular weight excluding hydrogens is 250 g/mol. The molecule has 1 unspecified atom stereocenters. The molecule has 0 amide bonds. The van der Waals surface area contributed by atoms with Gasteiger partial charge in [-0.3, -0.25) is 0 Å². The Morgan fingerprint density at radius 1 is 1.20 bits per heavy atom. The van der Waals surface area contributed by atoms with Crippen LogP contribution in [0.1, 0.15) is 25.8 Å². The van der Waals surface area contributed by atoms with E-state index >= 15 is 0 Å². The number of hydrogen-bond acceptors (Lipinski definition) is 3. The fourth-order valence-electron chi connectivity index (χ4n) is 2.28. The van der Waals surface area contributed by atoms with E-state index in [9.17, 15) is 5.11 Å². The number of fused-ring (bicyclic) bond motifs is 1. The molecule has 0 aliphatic rings. The third kappa shape index (κ3) is 2.94. The lowest BCUT2D eigenvalue weighted by Crippen LogP contribution is -2.44. The Labute approximate surface area is 120 Å². The van der Waals surface area contributed by atoms with Crippen LogP contribution in [0, 0.1) is 0 Å². The summed E-state index contributed by atoms with van der Waals surface area (Å²) in [5, 5.41) is 15.3. The normalized spacial score (nSPS) is 14.2. The van der Waals surface area contributed by atoms with Crippen LogP contribution in [-0.2, 0) is 6.54 Å². The first kappa shape index (κ1) is 14.8. The van der Waals surface area contributed by atoms with Crippen LogP contribution in [0.3, 0.4) is 0 Å². The largest absolute Gasteiger partial charge is 0.496 e. The van der Waals surface area contributed by atoms with Crippen molar-refractivity contribution in [2.75, 3.05) is 13.7 Å². The van der Waals surface area contributed by atoms with Crippen molar-refractivity contribution in [2.24, 2.45) is 0 Å². The van der Waals surface area contributed by atoms with Gasteiger partial charge in [-0.15, -0.1) is 0 Å². The molecule has 0 saturated heterocycles. The molecule has 0 radical (unpaired) electrons. The second-order valence-corrected chi connectivity index (χ2v) is 5.39. The Bertz CT molecular complexity index is 576. The molecule has 0 aliphatic carbocycles. The van der Waals surface area contributed by atoms with Gasteiger partial charge in [-0.2, -0.15) is 0 Å². The predicted octanol–water partition coefficient (Wildman–Crippen LogP) is 3.10. The highest BCUT2D eigenvalue weighted by Gasteiger charge is 2.21. The lowest BCUT2D eigenvalue weighted by atomic mass is 9.98. The van der Waals surface area contributed by atoms with E-state index in [0.717, 1.165) is 17.7 Å². The monoisotopic (exact) mass is 273 g/mol. The van der Waals surface area contributed by atoms with E-state index < -0.39 is 0 Å². The van der Waals surface area contributed by atoms with Crippen molar-refractivity contribution in [1.29, 1.82) is 0 Å². The molecule has 3 nitrogen and oxygen atoms in total. The highest BCUT2D eigenvalue weighted by atomic mass is 16.5. The number of aliphatic hydroxyl groups excluding tert-OH is 1. The Morgan fingerprint density at radius 2 is 1.95 bits per heavy atom. The van der Waals surface area contributed by atoms with Gasteiger partial charge in [0.05, 0.1) is 13.7 Å². The summed E-state index contributed by atoms with van der Waals surface area (Å²) in [5.74, 6) is 0.882. The Morgan fingerprint density at radius 3 is 2.60 bits per heavy atom. The van der Waals surface area contributed by atoms with Gasteiger partial charge in [0.2, 0.25) is 0 Å². The zero-order valence-corrected chi connectivity index (χ0v) is 12.4. The van der Waals surface area contributed by atoms with E-state index in [-0.39, 0.29) is 12.1 Å². The first-order chi connectivity index (χ1) is 9.63. The van der Waals surface area contributed by atoms with Crippen LogP contribution in [0.15, 0.2) is 36.4 Å². The van der Waals surface area contributed by atoms with Gasteiger partial charge in [0.1, 0.15) is 5.75 Å². The second-order valence-electron chi connectivity index (χ2n) is 5.39. The van der Waals surface area contributed by atoms with Crippen LogP contribution >= 0.6 is 0 Å². The quantitative estimate of drug-likeness (QED) is 0.850. The van der Waals surface area contributed by atoms with Crippen molar-refractivity contribution in [3.63, 3.8) is 0 Å². The Kier molecular flexibility index (Phi) is 4.63. The van der Waals surface area contributed by atoms with Gasteiger partial charge in [0.15, 0.2) is 0 Å². The highest BCUT2D eigenvalue weighted by molar-refractivity contribution is 5.87. The summed E-state index contributed by atoms with van der Waals surface area (Å²) < 4.78 is 5.48. The molecule has 2 N–H and O–H groups in total. The summed E-state index contributed by atoms with van der Waals surface area (Å²) in [4.78, 5) is 0. The second kappa shape index (κ2) is 6.25. The minimum atomic E-state index is -0.262. The number of benzene rings is 2. The number of nitrogens with one attached hydrogen (secondary N) is 1. The molecule has 2 aromatic rings. The molecular formula is C17H23NO2. The van der Waals surface area contributed by atoms with Gasteiger partial charge in [0, 0.05) is 17.6 Å². The Balaban J connectivity index is 2.36. The van der Waals surface area contributed by atoms with Gasteiger partial charge in [-0.25, -0.2) is 0 Å². The number of rotatable bonds is 6. The maximum Gasteiger partial charge on any atom is 0.123 e. The molecule has 2 rings (SSSR count). The first-order valence-electron chi connectivity index (χ1n) is 7.04. The standard InChI is InChI=1S/C17H23NO2/c1-4-17(2,12-19)18-11-15-14-8-6-5-7-13(14)9-10-16(15)20-3/h5-10,18-19H,4,11-12H2,1-3H3. The topological polar surface area (TPSA) is 41.5 Å². The third-order valence-corrected chi connectivity index (χ3v) is 4.04. The molecule has 108 valence electrons. The molecule has 0 bridgehead atoms. The minimum Gasteiger partial charge on any atom is -0.496 e. The number of methoxy groups -OCH3 is 1. The molecule has 0 spiro atoms.